The molecule has 0 radical (unpaired) electrons. The average Bonchev–Trinajstić information content (AvgIpc) is 2.78. The van der Waals surface area contributed by atoms with Crippen LogP contribution in [-0.4, -0.2) is 5.24 Å². The minimum absolute atomic E-state index is 0.406. The Bertz CT molecular complexity index is 764. The molecule has 3 rings (SSSR count). The number of hydrogen-bond acceptors (Lipinski definition) is 2. The number of rotatable bonds is 2. The smallest absolute Gasteiger partial charge is 0.263 e. The van der Waals surface area contributed by atoms with E-state index in [9.17, 15) is 4.79 Å². The van der Waals surface area contributed by atoms with Crippen molar-refractivity contribution >= 4 is 54.2 Å². The molecule has 1 aromatic heterocycles. The summed E-state index contributed by atoms with van der Waals surface area (Å²) >= 11 is 10.6. The summed E-state index contributed by atoms with van der Waals surface area (Å²) in [4.78, 5) is 12.3. The highest BCUT2D eigenvalue weighted by Crippen LogP contribution is 2.40. The minimum atomic E-state index is -0.406. The van der Waals surface area contributed by atoms with Gasteiger partial charge in [0.25, 0.3) is 5.24 Å². The molecule has 3 aromatic rings. The Morgan fingerprint density at radius 1 is 1.11 bits per heavy atom. The number of carbonyl (C=O) groups excluding carboxylic acids is 1. The molecule has 4 heteroatoms. The standard InChI is InChI=1S/C15H8BrClOS/c16-10-6-7-11-12(8-10)19-14(15(17)18)13(11)9-4-2-1-3-5-9/h1-8H. The quantitative estimate of drug-likeness (QED) is 0.540. The van der Waals surface area contributed by atoms with E-state index in [2.05, 4.69) is 15.9 Å². The summed E-state index contributed by atoms with van der Waals surface area (Å²) in [6.45, 7) is 0. The van der Waals surface area contributed by atoms with Crippen molar-refractivity contribution in [3.63, 3.8) is 0 Å². The van der Waals surface area contributed by atoms with E-state index in [0.717, 1.165) is 25.7 Å². The van der Waals surface area contributed by atoms with Gasteiger partial charge >= 0.3 is 0 Å². The molecule has 94 valence electrons. The van der Waals surface area contributed by atoms with Crippen LogP contribution in [0.3, 0.4) is 0 Å². The van der Waals surface area contributed by atoms with Gasteiger partial charge in [-0.1, -0.05) is 52.3 Å². The Morgan fingerprint density at radius 2 is 1.84 bits per heavy atom. The molecular weight excluding hydrogens is 344 g/mol. The van der Waals surface area contributed by atoms with E-state index in [1.54, 1.807) is 0 Å². The lowest BCUT2D eigenvalue weighted by Gasteiger charge is -2.02. The molecule has 1 nitrogen and oxygen atoms in total. The van der Waals surface area contributed by atoms with Crippen molar-refractivity contribution in [3.05, 3.63) is 57.9 Å². The first-order valence-electron chi connectivity index (χ1n) is 5.64. The molecule has 0 bridgehead atoms. The van der Waals surface area contributed by atoms with Gasteiger partial charge in [-0.25, -0.2) is 0 Å². The lowest BCUT2D eigenvalue weighted by atomic mass is 10.0. The average molecular weight is 352 g/mol. The summed E-state index contributed by atoms with van der Waals surface area (Å²) in [6, 6.07) is 15.9. The van der Waals surface area contributed by atoms with Gasteiger partial charge in [0.2, 0.25) is 0 Å². The summed E-state index contributed by atoms with van der Waals surface area (Å²) in [6.07, 6.45) is 0. The van der Waals surface area contributed by atoms with Crippen LogP contribution in [-0.2, 0) is 0 Å². The van der Waals surface area contributed by atoms with Gasteiger partial charge in [0.05, 0.1) is 4.88 Å². The molecule has 19 heavy (non-hydrogen) atoms. The van der Waals surface area contributed by atoms with Crippen LogP contribution in [0.5, 0.6) is 0 Å². The first kappa shape index (κ1) is 12.9. The number of fused-ring (bicyclic) bond motifs is 1. The second-order valence-corrected chi connectivity index (χ2v) is 6.40. The number of carbonyl (C=O) groups is 1. The summed E-state index contributed by atoms with van der Waals surface area (Å²) in [5.41, 5.74) is 1.94. The summed E-state index contributed by atoms with van der Waals surface area (Å²) < 4.78 is 2.05. The van der Waals surface area contributed by atoms with Crippen LogP contribution in [0, 0.1) is 0 Å². The third kappa shape index (κ3) is 2.34. The molecule has 0 fully saturated rings. The van der Waals surface area contributed by atoms with Gasteiger partial charge in [0, 0.05) is 20.1 Å². The Morgan fingerprint density at radius 3 is 2.53 bits per heavy atom. The largest absolute Gasteiger partial charge is 0.275 e. The lowest BCUT2D eigenvalue weighted by molar-refractivity contribution is 0.108. The van der Waals surface area contributed by atoms with Gasteiger partial charge in [0.1, 0.15) is 0 Å². The van der Waals surface area contributed by atoms with E-state index >= 15 is 0 Å². The second kappa shape index (κ2) is 5.08. The van der Waals surface area contributed by atoms with Crippen molar-refractivity contribution in [3.8, 4) is 11.1 Å². The zero-order valence-electron chi connectivity index (χ0n) is 9.69. The van der Waals surface area contributed by atoms with Gasteiger partial charge in [-0.2, -0.15) is 0 Å². The monoisotopic (exact) mass is 350 g/mol. The Hall–Kier alpha value is -1.16. The molecule has 0 amide bonds. The van der Waals surface area contributed by atoms with Gasteiger partial charge in [0.15, 0.2) is 0 Å². The van der Waals surface area contributed by atoms with E-state index in [4.69, 9.17) is 11.6 Å². The van der Waals surface area contributed by atoms with Crippen LogP contribution in [0.25, 0.3) is 21.2 Å². The maximum Gasteiger partial charge on any atom is 0.263 e. The number of hydrogen-bond donors (Lipinski definition) is 0. The fourth-order valence-electron chi connectivity index (χ4n) is 2.10. The van der Waals surface area contributed by atoms with Gasteiger partial charge < -0.3 is 0 Å². The maximum absolute atomic E-state index is 11.7. The summed E-state index contributed by atoms with van der Waals surface area (Å²) in [7, 11) is 0. The fourth-order valence-corrected chi connectivity index (χ4v) is 3.92. The zero-order chi connectivity index (χ0) is 13.4. The van der Waals surface area contributed by atoms with Crippen LogP contribution in [0.1, 0.15) is 9.67 Å². The van der Waals surface area contributed by atoms with Crippen molar-refractivity contribution in [2.45, 2.75) is 0 Å². The van der Waals surface area contributed by atoms with Gasteiger partial charge in [-0.05, 0) is 29.3 Å². The summed E-state index contributed by atoms with van der Waals surface area (Å²) in [5, 5.41) is 0.652. The van der Waals surface area contributed by atoms with E-state index in [1.807, 2.05) is 48.5 Å². The van der Waals surface area contributed by atoms with Crippen LogP contribution >= 0.6 is 38.9 Å². The first-order valence-corrected chi connectivity index (χ1v) is 7.63. The molecule has 1 heterocycles. The van der Waals surface area contributed by atoms with Crippen LogP contribution in [0.15, 0.2) is 53.0 Å². The lowest BCUT2D eigenvalue weighted by Crippen LogP contribution is -1.87. The normalized spacial score (nSPS) is 10.8. The number of benzene rings is 2. The van der Waals surface area contributed by atoms with Crippen molar-refractivity contribution in [1.82, 2.24) is 0 Å². The van der Waals surface area contributed by atoms with Gasteiger partial charge in [-0.3, -0.25) is 4.79 Å². The fraction of sp³-hybridized carbons (Fsp3) is 0. The molecule has 0 aliphatic rings. The topological polar surface area (TPSA) is 17.1 Å². The summed E-state index contributed by atoms with van der Waals surface area (Å²) in [5.74, 6) is 0. The van der Waals surface area contributed by atoms with Crippen molar-refractivity contribution < 1.29 is 4.79 Å². The zero-order valence-corrected chi connectivity index (χ0v) is 12.8. The highest BCUT2D eigenvalue weighted by Gasteiger charge is 2.18. The number of thiophene rings is 1. The Balaban J connectivity index is 2.38. The van der Waals surface area contributed by atoms with E-state index in [1.165, 1.54) is 11.3 Å². The van der Waals surface area contributed by atoms with Crippen molar-refractivity contribution in [2.24, 2.45) is 0 Å². The van der Waals surface area contributed by atoms with Crippen LogP contribution in [0.2, 0.25) is 0 Å². The van der Waals surface area contributed by atoms with E-state index in [0.29, 0.717) is 4.88 Å². The third-order valence-electron chi connectivity index (χ3n) is 2.89. The van der Waals surface area contributed by atoms with Crippen LogP contribution < -0.4 is 0 Å². The van der Waals surface area contributed by atoms with Crippen molar-refractivity contribution in [2.75, 3.05) is 0 Å². The molecule has 0 aliphatic carbocycles. The highest BCUT2D eigenvalue weighted by molar-refractivity contribution is 9.10. The molecule has 0 saturated carbocycles. The minimum Gasteiger partial charge on any atom is -0.275 e. The van der Waals surface area contributed by atoms with Gasteiger partial charge in [-0.15, -0.1) is 11.3 Å². The molecule has 0 unspecified atom stereocenters. The maximum atomic E-state index is 11.7. The Kier molecular flexibility index (Phi) is 3.44. The molecule has 0 atom stereocenters. The molecule has 0 spiro atoms. The van der Waals surface area contributed by atoms with E-state index in [-0.39, 0.29) is 0 Å². The Labute approximate surface area is 128 Å². The SMILES string of the molecule is O=C(Cl)c1sc2cc(Br)ccc2c1-c1ccccc1. The first-order chi connectivity index (χ1) is 9.16. The molecule has 0 N–H and O–H groups in total. The second-order valence-electron chi connectivity index (χ2n) is 4.09. The molecule has 0 aliphatic heterocycles. The third-order valence-corrected chi connectivity index (χ3v) is 4.84. The molecular formula is C15H8BrClOS. The highest BCUT2D eigenvalue weighted by atomic mass is 79.9. The van der Waals surface area contributed by atoms with E-state index < -0.39 is 5.24 Å². The van der Waals surface area contributed by atoms with Crippen LogP contribution in [0.4, 0.5) is 0 Å². The predicted octanol–water partition coefficient (Wildman–Crippen LogP) is 5.71. The predicted molar refractivity (Wildman–Crippen MR) is 85.1 cm³/mol. The molecule has 0 saturated heterocycles. The van der Waals surface area contributed by atoms with Crippen molar-refractivity contribution in [1.29, 1.82) is 0 Å². The molecule has 2 aromatic carbocycles. The number of halogens is 2.